The fourth-order valence-corrected chi connectivity index (χ4v) is 3.78. The molecule has 0 fully saturated rings. The highest BCUT2D eigenvalue weighted by molar-refractivity contribution is 7.18. The summed E-state index contributed by atoms with van der Waals surface area (Å²) in [6.07, 6.45) is -4.57. The Bertz CT molecular complexity index is 1260. The molecule has 2 aromatic carbocycles. The first-order valence-corrected chi connectivity index (χ1v) is 9.16. The van der Waals surface area contributed by atoms with Crippen LogP contribution >= 0.6 is 11.3 Å². The van der Waals surface area contributed by atoms with E-state index in [1.54, 1.807) is 6.07 Å². The predicted molar refractivity (Wildman–Crippen MR) is 102 cm³/mol. The summed E-state index contributed by atoms with van der Waals surface area (Å²) >= 11 is 0.729. The number of aromatic nitrogens is 1. The molecule has 8 nitrogen and oxygen atoms in total. The van der Waals surface area contributed by atoms with Crippen molar-refractivity contribution < 1.29 is 32.4 Å². The van der Waals surface area contributed by atoms with Crippen LogP contribution in [0.5, 0.6) is 0 Å². The fourth-order valence-electron chi connectivity index (χ4n) is 2.73. The van der Waals surface area contributed by atoms with Crippen molar-refractivity contribution in [2.75, 3.05) is 7.11 Å². The van der Waals surface area contributed by atoms with Crippen LogP contribution in [-0.4, -0.2) is 28.8 Å². The predicted octanol–water partition coefficient (Wildman–Crippen LogP) is 4.50. The summed E-state index contributed by atoms with van der Waals surface area (Å²) in [5.41, 5.74) is -1.89. The van der Waals surface area contributed by atoms with Gasteiger partial charge in [-0.3, -0.25) is 14.9 Å². The smallest absolute Gasteiger partial charge is 0.416 e. The molecule has 3 aromatic rings. The first-order chi connectivity index (χ1) is 14.5. The van der Waals surface area contributed by atoms with Crippen LogP contribution in [-0.2, 0) is 10.9 Å². The number of halogens is 3. The number of hydrogen-bond donors (Lipinski definition) is 0. The molecule has 1 heterocycles. The standard InChI is InChI=1S/C19H10F3N3O5S/c1-30-18(27)10-4-9(5-12(6-10)25(28)29)16(26)13(8-23)17-24-14-3-2-11(19(20,21)22)7-15(14)31-17/h2-7,13H,1H3. The van der Waals surface area contributed by atoms with Gasteiger partial charge in [-0.15, -0.1) is 11.3 Å². The zero-order valence-electron chi connectivity index (χ0n) is 15.5. The number of thiazole rings is 1. The second kappa shape index (κ2) is 8.11. The zero-order chi connectivity index (χ0) is 22.9. The number of esters is 1. The van der Waals surface area contributed by atoms with Gasteiger partial charge in [-0.1, -0.05) is 0 Å². The number of non-ortho nitro benzene ring substituents is 1. The SMILES string of the molecule is COC(=O)c1cc(C(=O)C(C#N)c2nc3ccc(C(F)(F)F)cc3s2)cc([N+](=O)[O-])c1. The van der Waals surface area contributed by atoms with Crippen molar-refractivity contribution in [2.45, 2.75) is 12.1 Å². The molecular formula is C19H10F3N3O5S. The number of fused-ring (bicyclic) bond motifs is 1. The lowest BCUT2D eigenvalue weighted by molar-refractivity contribution is -0.384. The van der Waals surface area contributed by atoms with Crippen LogP contribution in [0, 0.1) is 21.4 Å². The highest BCUT2D eigenvalue weighted by Gasteiger charge is 2.32. The Morgan fingerprint density at radius 1 is 1.23 bits per heavy atom. The largest absolute Gasteiger partial charge is 0.465 e. The van der Waals surface area contributed by atoms with E-state index in [4.69, 9.17) is 0 Å². The van der Waals surface area contributed by atoms with Crippen LogP contribution in [0.3, 0.4) is 0 Å². The molecule has 0 radical (unpaired) electrons. The van der Waals surface area contributed by atoms with E-state index in [0.29, 0.717) is 0 Å². The number of rotatable bonds is 5. The molecule has 12 heteroatoms. The fraction of sp³-hybridized carbons (Fsp3) is 0.158. The summed E-state index contributed by atoms with van der Waals surface area (Å²) in [6, 6.07) is 7.40. The number of nitrogens with zero attached hydrogens (tertiary/aromatic N) is 3. The van der Waals surface area contributed by atoms with E-state index in [2.05, 4.69) is 9.72 Å². The molecule has 1 atom stereocenters. The number of methoxy groups -OCH3 is 1. The Morgan fingerprint density at radius 2 is 1.90 bits per heavy atom. The maximum Gasteiger partial charge on any atom is 0.416 e. The lowest BCUT2D eigenvalue weighted by Crippen LogP contribution is -2.13. The number of carbonyl (C=O) groups is 2. The van der Waals surface area contributed by atoms with Gasteiger partial charge in [0.1, 0.15) is 5.01 Å². The Labute approximate surface area is 175 Å². The highest BCUT2D eigenvalue weighted by atomic mass is 32.1. The van der Waals surface area contributed by atoms with Crippen molar-refractivity contribution in [1.29, 1.82) is 5.26 Å². The van der Waals surface area contributed by atoms with E-state index in [9.17, 15) is 38.1 Å². The Kier molecular flexibility index (Phi) is 5.72. The molecule has 0 aliphatic carbocycles. The molecule has 1 unspecified atom stereocenters. The number of nitro benzene ring substituents is 1. The minimum absolute atomic E-state index is 0.0760. The first kappa shape index (κ1) is 21.8. The van der Waals surface area contributed by atoms with Crippen LogP contribution in [0.15, 0.2) is 36.4 Å². The number of nitro groups is 1. The summed E-state index contributed by atoms with van der Waals surface area (Å²) in [6.45, 7) is 0. The summed E-state index contributed by atoms with van der Waals surface area (Å²) in [7, 11) is 1.05. The number of carbonyl (C=O) groups excluding carboxylic acids is 2. The molecule has 0 N–H and O–H groups in total. The van der Waals surface area contributed by atoms with Crippen molar-refractivity contribution in [2.24, 2.45) is 0 Å². The minimum atomic E-state index is -4.57. The number of alkyl halides is 3. The molecule has 3 rings (SSSR count). The third kappa shape index (κ3) is 4.36. The van der Waals surface area contributed by atoms with E-state index in [-0.39, 0.29) is 26.4 Å². The highest BCUT2D eigenvalue weighted by Crippen LogP contribution is 2.35. The van der Waals surface area contributed by atoms with Gasteiger partial charge in [-0.2, -0.15) is 18.4 Å². The summed E-state index contributed by atoms with van der Waals surface area (Å²) in [5.74, 6) is -3.36. The van der Waals surface area contributed by atoms with Gasteiger partial charge in [0.2, 0.25) is 0 Å². The average Bonchev–Trinajstić information content (AvgIpc) is 3.15. The zero-order valence-corrected chi connectivity index (χ0v) is 16.3. The van der Waals surface area contributed by atoms with Crippen LogP contribution in [0.25, 0.3) is 10.2 Å². The molecule has 31 heavy (non-hydrogen) atoms. The molecule has 158 valence electrons. The lowest BCUT2D eigenvalue weighted by Gasteiger charge is -2.07. The molecule has 1 aromatic heterocycles. The number of ether oxygens (including phenoxy) is 1. The van der Waals surface area contributed by atoms with Gasteiger partial charge in [-0.05, 0) is 24.3 Å². The third-order valence-corrected chi connectivity index (χ3v) is 5.29. The van der Waals surface area contributed by atoms with Crippen LogP contribution in [0.1, 0.15) is 37.2 Å². The van der Waals surface area contributed by atoms with E-state index in [1.807, 2.05) is 0 Å². The van der Waals surface area contributed by atoms with Crippen LogP contribution in [0.4, 0.5) is 18.9 Å². The molecule has 0 spiro atoms. The average molecular weight is 449 g/mol. The topological polar surface area (TPSA) is 123 Å². The molecule has 0 aliphatic heterocycles. The Balaban J connectivity index is 2.06. The molecule has 0 aliphatic rings. The van der Waals surface area contributed by atoms with E-state index >= 15 is 0 Å². The van der Waals surface area contributed by atoms with Crippen molar-refractivity contribution in [3.8, 4) is 6.07 Å². The molecule has 0 saturated heterocycles. The van der Waals surface area contributed by atoms with Gasteiger partial charge >= 0.3 is 12.1 Å². The van der Waals surface area contributed by atoms with Gasteiger partial charge in [0.05, 0.1) is 39.4 Å². The normalized spacial score (nSPS) is 12.2. The number of ketones is 1. The maximum absolute atomic E-state index is 12.9. The molecule has 0 amide bonds. The van der Waals surface area contributed by atoms with Gasteiger partial charge in [0.25, 0.3) is 5.69 Å². The van der Waals surface area contributed by atoms with Gasteiger partial charge in [-0.25, -0.2) is 9.78 Å². The van der Waals surface area contributed by atoms with Crippen molar-refractivity contribution >= 4 is 39.0 Å². The first-order valence-electron chi connectivity index (χ1n) is 8.34. The molecule has 0 bridgehead atoms. The van der Waals surface area contributed by atoms with Crippen LogP contribution < -0.4 is 0 Å². The van der Waals surface area contributed by atoms with Gasteiger partial charge < -0.3 is 4.74 Å². The second-order valence-corrected chi connectivity index (χ2v) is 7.24. The maximum atomic E-state index is 12.9. The Morgan fingerprint density at radius 3 is 2.48 bits per heavy atom. The number of Topliss-reactive ketones (excluding diaryl/α,β-unsaturated/α-hetero) is 1. The van der Waals surface area contributed by atoms with Gasteiger partial charge in [0.15, 0.2) is 11.7 Å². The number of hydrogen-bond acceptors (Lipinski definition) is 8. The quantitative estimate of drug-likeness (QED) is 0.243. The van der Waals surface area contributed by atoms with Crippen molar-refractivity contribution in [3.63, 3.8) is 0 Å². The number of benzene rings is 2. The number of nitriles is 1. The van der Waals surface area contributed by atoms with Crippen molar-refractivity contribution in [3.05, 3.63) is 68.2 Å². The monoisotopic (exact) mass is 449 g/mol. The summed E-state index contributed by atoms with van der Waals surface area (Å²) < 4.78 is 43.4. The molecule has 0 saturated carbocycles. The summed E-state index contributed by atoms with van der Waals surface area (Å²) in [4.78, 5) is 39.1. The van der Waals surface area contributed by atoms with E-state index < -0.39 is 40.0 Å². The lowest BCUT2D eigenvalue weighted by atomic mass is 9.97. The third-order valence-electron chi connectivity index (χ3n) is 4.20. The van der Waals surface area contributed by atoms with Crippen LogP contribution in [0.2, 0.25) is 0 Å². The minimum Gasteiger partial charge on any atom is -0.465 e. The van der Waals surface area contributed by atoms with Gasteiger partial charge in [0, 0.05) is 17.7 Å². The van der Waals surface area contributed by atoms with E-state index in [0.717, 1.165) is 54.8 Å². The second-order valence-electron chi connectivity index (χ2n) is 6.18. The van der Waals surface area contributed by atoms with E-state index in [1.165, 1.54) is 0 Å². The molecular weight excluding hydrogens is 439 g/mol. The van der Waals surface area contributed by atoms with Crippen molar-refractivity contribution in [1.82, 2.24) is 4.98 Å². The Hall–Kier alpha value is -3.85. The summed E-state index contributed by atoms with van der Waals surface area (Å²) in [5, 5.41) is 20.6.